The normalized spacial score (nSPS) is 15.4. The Balaban J connectivity index is 1.94. The Morgan fingerprint density at radius 1 is 1.05 bits per heavy atom. The number of halogens is 2. The summed E-state index contributed by atoms with van der Waals surface area (Å²) in [5.74, 6) is 1.09. The van der Waals surface area contributed by atoms with Crippen molar-refractivity contribution in [3.05, 3.63) is 58.9 Å². The summed E-state index contributed by atoms with van der Waals surface area (Å²) >= 11 is 6.44. The molecule has 0 bridgehead atoms. The molecule has 0 spiro atoms. The number of ether oxygens (including phenoxy) is 2. The number of hydrogen-bond donors (Lipinski definition) is 0. The number of rotatable bonds is 2. The Kier molecular flexibility index (Phi) is 4.02. The van der Waals surface area contributed by atoms with Crippen LogP contribution in [0.3, 0.4) is 0 Å². The summed E-state index contributed by atoms with van der Waals surface area (Å²) in [6, 6.07) is 10.6. The summed E-state index contributed by atoms with van der Waals surface area (Å²) in [4.78, 5) is 0. The van der Waals surface area contributed by atoms with Gasteiger partial charge in [0.2, 0.25) is 0 Å². The minimum Gasteiger partial charge on any atom is -0.490 e. The average Bonchev–Trinajstić information content (AvgIpc) is 2.71. The van der Waals surface area contributed by atoms with Crippen LogP contribution in [-0.4, -0.2) is 13.2 Å². The van der Waals surface area contributed by atoms with Gasteiger partial charge in [0.25, 0.3) is 0 Å². The summed E-state index contributed by atoms with van der Waals surface area (Å²) in [5.41, 5.74) is 2.14. The van der Waals surface area contributed by atoms with Crippen molar-refractivity contribution in [3.63, 3.8) is 0 Å². The topological polar surface area (TPSA) is 18.5 Å². The Morgan fingerprint density at radius 2 is 1.81 bits per heavy atom. The molecule has 0 aliphatic carbocycles. The van der Waals surface area contributed by atoms with E-state index in [0.29, 0.717) is 30.3 Å². The first-order chi connectivity index (χ1) is 10.1. The highest BCUT2D eigenvalue weighted by Gasteiger charge is 2.18. The van der Waals surface area contributed by atoms with Gasteiger partial charge in [-0.2, -0.15) is 0 Å². The van der Waals surface area contributed by atoms with Gasteiger partial charge in [-0.1, -0.05) is 18.2 Å². The van der Waals surface area contributed by atoms with Crippen molar-refractivity contribution in [1.82, 2.24) is 0 Å². The second-order valence-corrected chi connectivity index (χ2v) is 5.58. The van der Waals surface area contributed by atoms with Crippen LogP contribution in [-0.2, 0) is 0 Å². The van der Waals surface area contributed by atoms with Gasteiger partial charge in [0.15, 0.2) is 11.5 Å². The van der Waals surface area contributed by atoms with E-state index in [1.165, 1.54) is 6.07 Å². The number of aryl methyl sites for hydroxylation is 1. The molecule has 0 fully saturated rings. The largest absolute Gasteiger partial charge is 0.490 e. The maximum Gasteiger partial charge on any atom is 0.161 e. The zero-order valence-electron chi connectivity index (χ0n) is 11.7. The summed E-state index contributed by atoms with van der Waals surface area (Å²) in [5, 5.41) is -0.553. The van der Waals surface area contributed by atoms with Gasteiger partial charge in [-0.25, -0.2) is 4.39 Å². The van der Waals surface area contributed by atoms with Crippen LogP contribution in [0.5, 0.6) is 11.5 Å². The zero-order valence-corrected chi connectivity index (χ0v) is 12.5. The van der Waals surface area contributed by atoms with E-state index in [1.807, 2.05) is 31.2 Å². The average molecular weight is 307 g/mol. The lowest BCUT2D eigenvalue weighted by atomic mass is 10.0. The van der Waals surface area contributed by atoms with Crippen molar-refractivity contribution in [2.75, 3.05) is 13.2 Å². The Morgan fingerprint density at radius 3 is 2.57 bits per heavy atom. The molecular formula is C17H16ClFO2. The fourth-order valence-corrected chi connectivity index (χ4v) is 2.67. The van der Waals surface area contributed by atoms with Gasteiger partial charge < -0.3 is 9.47 Å². The molecular weight excluding hydrogens is 291 g/mol. The quantitative estimate of drug-likeness (QED) is 0.754. The first kappa shape index (κ1) is 14.2. The van der Waals surface area contributed by atoms with Crippen molar-refractivity contribution in [2.45, 2.75) is 18.7 Å². The van der Waals surface area contributed by atoms with Gasteiger partial charge in [0.1, 0.15) is 5.82 Å². The molecule has 0 amide bonds. The van der Waals surface area contributed by atoms with Crippen LogP contribution in [0.15, 0.2) is 36.4 Å². The molecule has 1 aliphatic heterocycles. The molecule has 0 N–H and O–H groups in total. The fourth-order valence-electron chi connectivity index (χ4n) is 2.35. The van der Waals surface area contributed by atoms with Crippen molar-refractivity contribution in [3.8, 4) is 11.5 Å². The molecule has 0 aromatic heterocycles. The second-order valence-electron chi connectivity index (χ2n) is 5.14. The third-order valence-electron chi connectivity index (χ3n) is 3.49. The van der Waals surface area contributed by atoms with Crippen molar-refractivity contribution in [1.29, 1.82) is 0 Å². The lowest BCUT2D eigenvalue weighted by Gasteiger charge is -2.14. The van der Waals surface area contributed by atoms with Crippen LogP contribution in [0.1, 0.15) is 28.5 Å². The fraction of sp³-hybridized carbons (Fsp3) is 0.294. The van der Waals surface area contributed by atoms with E-state index >= 15 is 0 Å². The van der Waals surface area contributed by atoms with Crippen LogP contribution >= 0.6 is 11.6 Å². The van der Waals surface area contributed by atoms with Gasteiger partial charge in [0, 0.05) is 12.0 Å². The maximum absolute atomic E-state index is 14.1. The Hall–Kier alpha value is -1.74. The number of fused-ring (bicyclic) bond motifs is 1. The van der Waals surface area contributed by atoms with Crippen LogP contribution < -0.4 is 9.47 Å². The number of alkyl halides is 1. The molecule has 1 heterocycles. The molecule has 2 aromatic rings. The number of benzene rings is 2. The molecule has 2 aromatic carbocycles. The molecule has 1 atom stereocenters. The molecule has 1 unspecified atom stereocenters. The van der Waals surface area contributed by atoms with Crippen LogP contribution in [0.2, 0.25) is 0 Å². The molecule has 4 heteroatoms. The van der Waals surface area contributed by atoms with E-state index < -0.39 is 5.38 Å². The van der Waals surface area contributed by atoms with Crippen molar-refractivity contribution in [2.24, 2.45) is 0 Å². The second kappa shape index (κ2) is 5.94. The lowest BCUT2D eigenvalue weighted by molar-refractivity contribution is 0.297. The molecule has 3 rings (SSSR count). The van der Waals surface area contributed by atoms with Gasteiger partial charge in [-0.05, 0) is 36.2 Å². The number of hydrogen-bond acceptors (Lipinski definition) is 2. The SMILES string of the molecule is Cc1ccc(C(Cl)c2ccc3c(c2)OCCCO3)c(F)c1. The van der Waals surface area contributed by atoms with Gasteiger partial charge in [-0.3, -0.25) is 0 Å². The molecule has 1 aliphatic rings. The van der Waals surface area contributed by atoms with Gasteiger partial charge in [0.05, 0.1) is 18.6 Å². The van der Waals surface area contributed by atoms with Crippen LogP contribution in [0, 0.1) is 12.7 Å². The van der Waals surface area contributed by atoms with E-state index in [9.17, 15) is 4.39 Å². The van der Waals surface area contributed by atoms with Gasteiger partial charge in [-0.15, -0.1) is 11.6 Å². The minimum atomic E-state index is -0.553. The summed E-state index contributed by atoms with van der Waals surface area (Å²) in [6.45, 7) is 3.11. The predicted molar refractivity (Wildman–Crippen MR) is 80.9 cm³/mol. The smallest absolute Gasteiger partial charge is 0.161 e. The van der Waals surface area contributed by atoms with Crippen molar-refractivity contribution >= 4 is 11.6 Å². The van der Waals surface area contributed by atoms with Crippen LogP contribution in [0.4, 0.5) is 4.39 Å². The Bertz CT molecular complexity index is 657. The standard InChI is InChI=1S/C17H16ClFO2/c1-11-3-5-13(14(19)9-11)17(18)12-4-6-15-16(10-12)21-8-2-7-20-15/h3-6,9-10,17H,2,7-8H2,1H3. The summed E-state index contributed by atoms with van der Waals surface area (Å²) in [7, 11) is 0. The zero-order chi connectivity index (χ0) is 14.8. The summed E-state index contributed by atoms with van der Waals surface area (Å²) < 4.78 is 25.3. The highest BCUT2D eigenvalue weighted by Crippen LogP contribution is 2.37. The third-order valence-corrected chi connectivity index (χ3v) is 3.98. The highest BCUT2D eigenvalue weighted by molar-refractivity contribution is 6.22. The van der Waals surface area contributed by atoms with E-state index in [1.54, 1.807) is 6.07 Å². The first-order valence-electron chi connectivity index (χ1n) is 6.95. The van der Waals surface area contributed by atoms with E-state index in [2.05, 4.69) is 0 Å². The molecule has 2 nitrogen and oxygen atoms in total. The van der Waals surface area contributed by atoms with Gasteiger partial charge >= 0.3 is 0 Å². The minimum absolute atomic E-state index is 0.290. The molecule has 0 saturated heterocycles. The van der Waals surface area contributed by atoms with E-state index in [0.717, 1.165) is 17.5 Å². The van der Waals surface area contributed by atoms with Crippen molar-refractivity contribution < 1.29 is 13.9 Å². The molecule has 0 radical (unpaired) electrons. The third kappa shape index (κ3) is 2.98. The molecule has 21 heavy (non-hydrogen) atoms. The molecule has 0 saturated carbocycles. The molecule has 110 valence electrons. The van der Waals surface area contributed by atoms with Crippen LogP contribution in [0.25, 0.3) is 0 Å². The monoisotopic (exact) mass is 306 g/mol. The summed E-state index contributed by atoms with van der Waals surface area (Å²) in [6.07, 6.45) is 0.848. The highest BCUT2D eigenvalue weighted by atomic mass is 35.5. The Labute approximate surface area is 128 Å². The van der Waals surface area contributed by atoms with E-state index in [4.69, 9.17) is 21.1 Å². The lowest BCUT2D eigenvalue weighted by Crippen LogP contribution is -1.99. The first-order valence-corrected chi connectivity index (χ1v) is 7.38. The maximum atomic E-state index is 14.1. The predicted octanol–water partition coefficient (Wildman–Crippen LogP) is 4.62. The van der Waals surface area contributed by atoms with E-state index in [-0.39, 0.29) is 5.82 Å².